The summed E-state index contributed by atoms with van der Waals surface area (Å²) in [5.74, 6) is 0. The van der Waals surface area contributed by atoms with Crippen LogP contribution in [0.1, 0.15) is 32.0 Å². The summed E-state index contributed by atoms with van der Waals surface area (Å²) in [7, 11) is -0.725. The van der Waals surface area contributed by atoms with Gasteiger partial charge >= 0.3 is 0 Å². The molecule has 1 heterocycles. The zero-order valence-corrected chi connectivity index (χ0v) is 11.0. The highest BCUT2D eigenvalue weighted by atomic mass is 32.2. The Bertz CT molecular complexity index is 329. The van der Waals surface area contributed by atoms with E-state index in [-0.39, 0.29) is 11.3 Å². The summed E-state index contributed by atoms with van der Waals surface area (Å²) >= 11 is 0. The molecule has 0 saturated heterocycles. The molecule has 0 aromatic carbocycles. The molecule has 4 heteroatoms. The van der Waals surface area contributed by atoms with Gasteiger partial charge in [0, 0.05) is 34.5 Å². The number of pyridine rings is 1. The van der Waals surface area contributed by atoms with Gasteiger partial charge in [0.25, 0.3) is 0 Å². The van der Waals surface area contributed by atoms with Crippen molar-refractivity contribution >= 4 is 10.8 Å². The highest BCUT2D eigenvalue weighted by Gasteiger charge is 2.08. The van der Waals surface area contributed by atoms with Crippen molar-refractivity contribution in [1.82, 2.24) is 10.3 Å². The zero-order valence-electron chi connectivity index (χ0n) is 10.1. The first-order valence-corrected chi connectivity index (χ1v) is 7.20. The van der Waals surface area contributed by atoms with Crippen molar-refractivity contribution < 1.29 is 4.21 Å². The van der Waals surface area contributed by atoms with E-state index in [1.165, 1.54) is 0 Å². The number of aromatic nitrogens is 1. The van der Waals surface area contributed by atoms with Crippen molar-refractivity contribution in [2.24, 2.45) is 0 Å². The van der Waals surface area contributed by atoms with Crippen molar-refractivity contribution in [2.75, 3.05) is 12.8 Å². The second kappa shape index (κ2) is 6.76. The van der Waals surface area contributed by atoms with Crippen LogP contribution in [0.15, 0.2) is 24.4 Å². The predicted molar refractivity (Wildman–Crippen MR) is 68.8 cm³/mol. The minimum atomic E-state index is -0.725. The summed E-state index contributed by atoms with van der Waals surface area (Å²) in [6, 6.07) is 6.17. The average molecular weight is 240 g/mol. The molecule has 3 atom stereocenters. The van der Waals surface area contributed by atoms with Crippen LogP contribution in [0.5, 0.6) is 0 Å². The third kappa shape index (κ3) is 4.41. The molecule has 0 saturated carbocycles. The van der Waals surface area contributed by atoms with Gasteiger partial charge in [-0.05, 0) is 32.0 Å². The van der Waals surface area contributed by atoms with Gasteiger partial charge in [-0.2, -0.15) is 0 Å². The third-order valence-corrected chi connectivity index (χ3v) is 4.07. The van der Waals surface area contributed by atoms with Crippen LogP contribution in [0, 0.1) is 0 Å². The van der Waals surface area contributed by atoms with E-state index in [9.17, 15) is 4.21 Å². The lowest BCUT2D eigenvalue weighted by Gasteiger charge is -2.14. The minimum Gasteiger partial charge on any atom is -0.309 e. The molecule has 0 fully saturated rings. The van der Waals surface area contributed by atoms with E-state index < -0.39 is 10.8 Å². The molecule has 0 bridgehead atoms. The Hall–Kier alpha value is -0.740. The second-order valence-corrected chi connectivity index (χ2v) is 5.83. The maximum absolute atomic E-state index is 11.2. The van der Waals surface area contributed by atoms with Gasteiger partial charge in [0.1, 0.15) is 0 Å². The standard InChI is InChI=1S/C12H20N2OS/c1-10(16(3)15)7-9-13-11(2)12-6-4-5-8-14-12/h4-6,8,10-11,13H,7,9H2,1-3H3. The molecule has 1 N–H and O–H groups in total. The van der Waals surface area contributed by atoms with Gasteiger partial charge in [-0.3, -0.25) is 9.19 Å². The lowest BCUT2D eigenvalue weighted by atomic mass is 10.2. The van der Waals surface area contributed by atoms with Crippen LogP contribution in [0.3, 0.4) is 0 Å². The number of rotatable bonds is 6. The molecule has 0 aliphatic heterocycles. The average Bonchev–Trinajstić information content (AvgIpc) is 2.29. The highest BCUT2D eigenvalue weighted by molar-refractivity contribution is 7.84. The maximum Gasteiger partial charge on any atom is 0.0570 e. The van der Waals surface area contributed by atoms with Gasteiger partial charge in [-0.15, -0.1) is 0 Å². The largest absolute Gasteiger partial charge is 0.309 e. The predicted octanol–water partition coefficient (Wildman–Crippen LogP) is 1.89. The number of nitrogens with one attached hydrogen (secondary N) is 1. The Morgan fingerprint density at radius 2 is 2.19 bits per heavy atom. The van der Waals surface area contributed by atoms with Crippen LogP contribution >= 0.6 is 0 Å². The summed E-state index contributed by atoms with van der Waals surface area (Å²) in [6.07, 6.45) is 4.49. The van der Waals surface area contributed by atoms with Gasteiger partial charge < -0.3 is 5.32 Å². The van der Waals surface area contributed by atoms with Crippen molar-refractivity contribution in [3.63, 3.8) is 0 Å². The second-order valence-electron chi connectivity index (χ2n) is 4.03. The summed E-state index contributed by atoms with van der Waals surface area (Å²) in [5.41, 5.74) is 1.05. The van der Waals surface area contributed by atoms with Crippen LogP contribution in [0.25, 0.3) is 0 Å². The Morgan fingerprint density at radius 1 is 1.44 bits per heavy atom. The van der Waals surface area contributed by atoms with E-state index in [0.717, 1.165) is 18.7 Å². The first kappa shape index (κ1) is 13.3. The van der Waals surface area contributed by atoms with E-state index in [4.69, 9.17) is 0 Å². The molecule has 16 heavy (non-hydrogen) atoms. The zero-order chi connectivity index (χ0) is 12.0. The smallest absolute Gasteiger partial charge is 0.0570 e. The molecule has 3 nitrogen and oxygen atoms in total. The van der Waals surface area contributed by atoms with Crippen LogP contribution in [-0.4, -0.2) is 27.2 Å². The first-order valence-electron chi connectivity index (χ1n) is 5.57. The van der Waals surface area contributed by atoms with Gasteiger partial charge in [-0.1, -0.05) is 13.0 Å². The molecule has 0 aliphatic rings. The fraction of sp³-hybridized carbons (Fsp3) is 0.583. The number of nitrogens with zero attached hydrogens (tertiary/aromatic N) is 1. The molecule has 1 rings (SSSR count). The third-order valence-electron chi connectivity index (χ3n) is 2.70. The van der Waals surface area contributed by atoms with E-state index in [0.29, 0.717) is 0 Å². The molecule has 1 aromatic heterocycles. The molecule has 3 unspecified atom stereocenters. The maximum atomic E-state index is 11.2. The van der Waals surface area contributed by atoms with Crippen LogP contribution in [-0.2, 0) is 10.8 Å². The van der Waals surface area contributed by atoms with Crippen molar-refractivity contribution in [1.29, 1.82) is 0 Å². The van der Waals surface area contributed by atoms with Crippen molar-refractivity contribution in [2.45, 2.75) is 31.6 Å². The quantitative estimate of drug-likeness (QED) is 0.825. The Balaban J connectivity index is 2.31. The minimum absolute atomic E-state index is 0.249. The van der Waals surface area contributed by atoms with E-state index in [1.807, 2.05) is 25.1 Å². The normalized spacial score (nSPS) is 16.7. The van der Waals surface area contributed by atoms with Crippen LogP contribution in [0.4, 0.5) is 0 Å². The molecule has 0 radical (unpaired) electrons. The van der Waals surface area contributed by atoms with Crippen molar-refractivity contribution in [3.8, 4) is 0 Å². The molecule has 0 spiro atoms. The Kier molecular flexibility index (Phi) is 5.63. The summed E-state index contributed by atoms with van der Waals surface area (Å²) in [5, 5.41) is 3.64. The SMILES string of the molecule is CC(NCCC(C)S(C)=O)c1ccccn1. The van der Waals surface area contributed by atoms with Gasteiger partial charge in [-0.25, -0.2) is 0 Å². The lowest BCUT2D eigenvalue weighted by molar-refractivity contribution is 0.543. The van der Waals surface area contributed by atoms with Gasteiger partial charge in [0.15, 0.2) is 0 Å². The monoisotopic (exact) mass is 240 g/mol. The Morgan fingerprint density at radius 3 is 2.75 bits per heavy atom. The Labute approximate surface area is 100 Å². The van der Waals surface area contributed by atoms with E-state index >= 15 is 0 Å². The summed E-state index contributed by atoms with van der Waals surface area (Å²) < 4.78 is 11.2. The molecule has 0 amide bonds. The summed E-state index contributed by atoms with van der Waals surface area (Å²) in [6.45, 7) is 4.98. The van der Waals surface area contributed by atoms with Gasteiger partial charge in [0.2, 0.25) is 0 Å². The molecular weight excluding hydrogens is 220 g/mol. The fourth-order valence-electron chi connectivity index (χ4n) is 1.41. The van der Waals surface area contributed by atoms with E-state index in [2.05, 4.69) is 17.2 Å². The fourth-order valence-corrected chi connectivity index (χ4v) is 1.86. The number of hydrogen-bond acceptors (Lipinski definition) is 3. The molecule has 0 aliphatic carbocycles. The van der Waals surface area contributed by atoms with Crippen molar-refractivity contribution in [3.05, 3.63) is 30.1 Å². The molecule has 90 valence electrons. The topological polar surface area (TPSA) is 42.0 Å². The van der Waals surface area contributed by atoms with E-state index in [1.54, 1.807) is 12.5 Å². The number of hydrogen-bond donors (Lipinski definition) is 1. The summed E-state index contributed by atoms with van der Waals surface area (Å²) in [4.78, 5) is 4.29. The highest BCUT2D eigenvalue weighted by Crippen LogP contribution is 2.08. The molecular formula is C12H20N2OS. The molecule has 1 aromatic rings. The van der Waals surface area contributed by atoms with Crippen LogP contribution in [0.2, 0.25) is 0 Å². The van der Waals surface area contributed by atoms with Gasteiger partial charge in [0.05, 0.1) is 5.69 Å². The lowest BCUT2D eigenvalue weighted by Crippen LogP contribution is -2.24. The first-order chi connectivity index (χ1) is 7.61. The van der Waals surface area contributed by atoms with Crippen LogP contribution < -0.4 is 5.32 Å².